The molecule has 198 valence electrons. The molecular formula is C25H35F2N5O3S. The highest BCUT2D eigenvalue weighted by molar-refractivity contribution is 7.17. The quantitative estimate of drug-likeness (QED) is 0.462. The number of carbonyl (C=O) groups excluding carboxylic acids is 2. The molecule has 8 nitrogen and oxygen atoms in total. The van der Waals surface area contributed by atoms with E-state index in [2.05, 4.69) is 20.6 Å². The summed E-state index contributed by atoms with van der Waals surface area (Å²) in [4.78, 5) is 36.7. The van der Waals surface area contributed by atoms with Gasteiger partial charge in [-0.3, -0.25) is 9.59 Å². The summed E-state index contributed by atoms with van der Waals surface area (Å²) >= 11 is 0.869. The van der Waals surface area contributed by atoms with Gasteiger partial charge in [-0.15, -0.1) is 11.3 Å². The number of halogens is 2. The Kier molecular flexibility index (Phi) is 8.34. The number of pyridine rings is 1. The largest absolute Gasteiger partial charge is 0.389 e. The van der Waals surface area contributed by atoms with Crippen LogP contribution in [-0.2, 0) is 0 Å². The maximum absolute atomic E-state index is 14.2. The zero-order valence-corrected chi connectivity index (χ0v) is 22.4. The molecule has 1 fully saturated rings. The number of anilines is 1. The van der Waals surface area contributed by atoms with Crippen LogP contribution in [0.15, 0.2) is 12.3 Å². The van der Waals surface area contributed by atoms with Gasteiger partial charge >= 0.3 is 0 Å². The molecule has 0 saturated carbocycles. The maximum Gasteiger partial charge on any atom is 0.280 e. The lowest BCUT2D eigenvalue weighted by atomic mass is 9.97. The molecule has 0 aliphatic carbocycles. The monoisotopic (exact) mass is 523 g/mol. The van der Waals surface area contributed by atoms with E-state index in [1.54, 1.807) is 18.7 Å². The molecule has 0 radical (unpaired) electrons. The number of aromatic nitrogens is 2. The van der Waals surface area contributed by atoms with Gasteiger partial charge in [-0.2, -0.15) is 0 Å². The predicted molar refractivity (Wildman–Crippen MR) is 137 cm³/mol. The van der Waals surface area contributed by atoms with Crippen LogP contribution in [0.3, 0.4) is 0 Å². The number of hydrogen-bond acceptors (Lipinski definition) is 7. The third kappa shape index (κ3) is 6.97. The molecule has 2 amide bonds. The fraction of sp³-hybridized carbons (Fsp3) is 0.600. The van der Waals surface area contributed by atoms with Gasteiger partial charge in [-0.1, -0.05) is 20.8 Å². The third-order valence-electron chi connectivity index (χ3n) is 5.73. The van der Waals surface area contributed by atoms with E-state index in [0.29, 0.717) is 18.9 Å². The summed E-state index contributed by atoms with van der Waals surface area (Å²) < 4.78 is 28.4. The van der Waals surface area contributed by atoms with Crippen LogP contribution >= 0.6 is 11.3 Å². The van der Waals surface area contributed by atoms with Gasteiger partial charge < -0.3 is 20.6 Å². The number of aliphatic hydroxyl groups is 1. The van der Waals surface area contributed by atoms with Crippen molar-refractivity contribution >= 4 is 29.0 Å². The molecule has 1 aliphatic heterocycles. The van der Waals surface area contributed by atoms with Gasteiger partial charge in [-0.25, -0.2) is 18.7 Å². The molecule has 11 heteroatoms. The van der Waals surface area contributed by atoms with Crippen molar-refractivity contribution in [1.82, 2.24) is 20.2 Å². The van der Waals surface area contributed by atoms with Crippen molar-refractivity contribution in [3.8, 4) is 10.4 Å². The second-order valence-electron chi connectivity index (χ2n) is 11.1. The van der Waals surface area contributed by atoms with Crippen molar-refractivity contribution in [2.45, 2.75) is 72.5 Å². The van der Waals surface area contributed by atoms with Gasteiger partial charge in [0.05, 0.1) is 10.5 Å². The van der Waals surface area contributed by atoms with Crippen LogP contribution in [0.5, 0.6) is 0 Å². The van der Waals surface area contributed by atoms with Gasteiger partial charge in [0.15, 0.2) is 5.01 Å². The summed E-state index contributed by atoms with van der Waals surface area (Å²) in [6.45, 7) is 12.1. The Morgan fingerprint density at radius 1 is 1.25 bits per heavy atom. The van der Waals surface area contributed by atoms with Crippen LogP contribution in [-0.4, -0.2) is 63.1 Å². The van der Waals surface area contributed by atoms with Gasteiger partial charge in [0.1, 0.15) is 11.5 Å². The van der Waals surface area contributed by atoms with E-state index in [1.807, 2.05) is 27.7 Å². The molecule has 1 atom stereocenters. The number of carbonyl (C=O) groups is 2. The summed E-state index contributed by atoms with van der Waals surface area (Å²) in [5.41, 5.74) is -1.50. The number of thiazole rings is 1. The lowest BCUT2D eigenvalue weighted by Gasteiger charge is -2.21. The van der Waals surface area contributed by atoms with E-state index in [-0.39, 0.29) is 44.7 Å². The minimum absolute atomic E-state index is 0.0174. The molecule has 3 heterocycles. The Labute approximate surface area is 214 Å². The first-order valence-electron chi connectivity index (χ1n) is 12.0. The summed E-state index contributed by atoms with van der Waals surface area (Å²) in [6, 6.07) is 1.27. The van der Waals surface area contributed by atoms with E-state index in [9.17, 15) is 23.5 Å². The first-order valence-corrected chi connectivity index (χ1v) is 12.8. The minimum Gasteiger partial charge on any atom is -0.389 e. The molecule has 2 aromatic heterocycles. The predicted octanol–water partition coefficient (Wildman–Crippen LogP) is 4.73. The molecule has 3 rings (SSSR count). The Morgan fingerprint density at radius 3 is 2.50 bits per heavy atom. The molecule has 0 bridgehead atoms. The Balaban J connectivity index is 2.05. The topological polar surface area (TPSA) is 107 Å². The number of nitrogens with zero attached hydrogens (tertiary/aromatic N) is 3. The van der Waals surface area contributed by atoms with Crippen LogP contribution in [0.1, 0.15) is 86.7 Å². The molecule has 1 unspecified atom stereocenters. The molecule has 2 aromatic rings. The Morgan fingerprint density at radius 2 is 1.94 bits per heavy atom. The van der Waals surface area contributed by atoms with E-state index in [1.165, 1.54) is 12.3 Å². The smallest absolute Gasteiger partial charge is 0.280 e. The maximum atomic E-state index is 14.2. The second kappa shape index (κ2) is 10.8. The van der Waals surface area contributed by atoms with Gasteiger partial charge in [0, 0.05) is 43.0 Å². The van der Waals surface area contributed by atoms with E-state index >= 15 is 0 Å². The fourth-order valence-electron chi connectivity index (χ4n) is 3.78. The van der Waals surface area contributed by atoms with Crippen LogP contribution in [0.25, 0.3) is 10.4 Å². The molecule has 0 aromatic carbocycles. The second-order valence-corrected chi connectivity index (χ2v) is 12.1. The van der Waals surface area contributed by atoms with E-state index < -0.39 is 23.8 Å². The van der Waals surface area contributed by atoms with Crippen molar-refractivity contribution in [3.63, 3.8) is 0 Å². The minimum atomic E-state index is -2.83. The average Bonchev–Trinajstić information content (AvgIpc) is 3.41. The summed E-state index contributed by atoms with van der Waals surface area (Å²) in [6.07, 6.45) is 0.148. The lowest BCUT2D eigenvalue weighted by Crippen LogP contribution is -2.38. The molecular weight excluding hydrogens is 488 g/mol. The van der Waals surface area contributed by atoms with Crippen LogP contribution in [0.4, 0.5) is 14.6 Å². The number of hydrogen-bond donors (Lipinski definition) is 3. The van der Waals surface area contributed by atoms with E-state index in [0.717, 1.165) is 24.2 Å². The Bertz CT molecular complexity index is 1110. The number of rotatable bonds is 8. The molecule has 3 N–H and O–H groups in total. The number of amides is 2. The van der Waals surface area contributed by atoms with Crippen molar-refractivity contribution in [2.75, 3.05) is 25.0 Å². The Hall–Kier alpha value is -2.66. The van der Waals surface area contributed by atoms with Gasteiger partial charge in [-0.05, 0) is 45.1 Å². The van der Waals surface area contributed by atoms with E-state index in [4.69, 9.17) is 0 Å². The summed E-state index contributed by atoms with van der Waals surface area (Å²) in [5.74, 6) is -0.687. The molecule has 1 saturated heterocycles. The molecule has 36 heavy (non-hydrogen) atoms. The highest BCUT2D eigenvalue weighted by Gasteiger charge is 2.33. The van der Waals surface area contributed by atoms with Crippen molar-refractivity contribution in [3.05, 3.63) is 28.5 Å². The zero-order valence-electron chi connectivity index (χ0n) is 21.6. The number of nitrogens with one attached hydrogen (secondary N) is 2. The third-order valence-corrected chi connectivity index (χ3v) is 6.82. The van der Waals surface area contributed by atoms with Crippen molar-refractivity contribution in [1.29, 1.82) is 0 Å². The normalized spacial score (nSPS) is 16.5. The van der Waals surface area contributed by atoms with Crippen LogP contribution in [0.2, 0.25) is 0 Å². The van der Waals surface area contributed by atoms with Crippen molar-refractivity contribution < 1.29 is 23.5 Å². The molecule has 1 aliphatic rings. The fourth-order valence-corrected chi connectivity index (χ4v) is 4.79. The highest BCUT2D eigenvalue weighted by atomic mass is 32.1. The van der Waals surface area contributed by atoms with Crippen molar-refractivity contribution in [2.24, 2.45) is 5.41 Å². The average molecular weight is 524 g/mol. The van der Waals surface area contributed by atoms with Gasteiger partial charge in [0.2, 0.25) is 0 Å². The van der Waals surface area contributed by atoms with Gasteiger partial charge in [0.25, 0.3) is 18.2 Å². The summed E-state index contributed by atoms with van der Waals surface area (Å²) in [5, 5.41) is 15.6. The first-order chi connectivity index (χ1) is 16.7. The number of likely N-dealkylation sites (tertiary alicyclic amines) is 1. The van der Waals surface area contributed by atoms with Crippen LogP contribution in [0, 0.1) is 5.41 Å². The molecule has 0 spiro atoms. The zero-order chi connectivity index (χ0) is 26.8. The number of alkyl halides is 2. The van der Waals surface area contributed by atoms with Crippen LogP contribution < -0.4 is 10.6 Å². The standard InChI is InChI=1S/C25H35F2N5O3S/c1-14-8-7-9-32(14)23(34)18-19(36-22(31-18)21(33)30-13-25(5,6)35)16-11-28-17(10-15(16)20(26)27)29-12-24(2,3)4/h10-11,14,20,35H,7-9,12-13H2,1-6H3,(H,28,29)(H,30,33). The SMILES string of the molecule is CC1CCCN1C(=O)c1nc(C(=O)NCC(C)(C)O)sc1-c1cnc(NCC(C)(C)C)cc1C(F)F. The first kappa shape index (κ1) is 27.9. The highest BCUT2D eigenvalue weighted by Crippen LogP contribution is 2.39. The lowest BCUT2D eigenvalue weighted by molar-refractivity contribution is 0.0692. The summed E-state index contributed by atoms with van der Waals surface area (Å²) in [7, 11) is 0.